The third kappa shape index (κ3) is 3.34. The molecule has 9 nitrogen and oxygen atoms in total. The zero-order chi connectivity index (χ0) is 16.5. The van der Waals surface area contributed by atoms with Crippen LogP contribution in [0.1, 0.15) is 27.7 Å². The van der Waals surface area contributed by atoms with E-state index in [-0.39, 0.29) is 6.10 Å². The van der Waals surface area contributed by atoms with Crippen molar-refractivity contribution in [3.63, 3.8) is 0 Å². The Kier molecular flexibility index (Phi) is 4.93. The van der Waals surface area contributed by atoms with E-state index in [2.05, 4.69) is 10.0 Å². The van der Waals surface area contributed by atoms with Gasteiger partial charge >= 0.3 is 5.97 Å². The van der Waals surface area contributed by atoms with Crippen molar-refractivity contribution in [2.24, 2.45) is 5.11 Å². The van der Waals surface area contributed by atoms with Gasteiger partial charge in [-0.15, -0.1) is 0 Å². The number of nitrogens with zero attached hydrogens (tertiary/aromatic N) is 3. The van der Waals surface area contributed by atoms with Crippen molar-refractivity contribution in [2.75, 3.05) is 7.11 Å². The molecule has 2 fully saturated rings. The lowest BCUT2D eigenvalue weighted by atomic mass is 10.0. The molecule has 2 heterocycles. The molecular formula is C13H21N3O6. The lowest BCUT2D eigenvalue weighted by Gasteiger charge is -2.26. The minimum absolute atomic E-state index is 0.337. The minimum atomic E-state index is -1.17. The highest BCUT2D eigenvalue weighted by atomic mass is 16.8. The summed E-state index contributed by atoms with van der Waals surface area (Å²) in [6, 6.07) is -1.17. The van der Waals surface area contributed by atoms with Gasteiger partial charge in [0.15, 0.2) is 18.1 Å². The predicted molar refractivity (Wildman–Crippen MR) is 73.7 cm³/mol. The molecule has 124 valence electrons. The number of fused-ring (bicyclic) bond motifs is 1. The van der Waals surface area contributed by atoms with Gasteiger partial charge in [0.2, 0.25) is 0 Å². The summed E-state index contributed by atoms with van der Waals surface area (Å²) < 4.78 is 27.5. The van der Waals surface area contributed by atoms with Crippen LogP contribution in [-0.2, 0) is 28.5 Å². The van der Waals surface area contributed by atoms with E-state index in [9.17, 15) is 4.79 Å². The highest BCUT2D eigenvalue weighted by Gasteiger charge is 2.58. The van der Waals surface area contributed by atoms with Crippen LogP contribution in [0, 0.1) is 0 Å². The fraction of sp³-hybridized carbons (Fsp3) is 0.923. The number of esters is 1. The second-order valence-electron chi connectivity index (χ2n) is 5.90. The molecule has 9 heteroatoms. The lowest BCUT2D eigenvalue weighted by molar-refractivity contribution is -0.230. The third-order valence-corrected chi connectivity index (χ3v) is 3.36. The number of hydrogen-bond donors (Lipinski definition) is 0. The molecule has 1 unspecified atom stereocenters. The molecule has 0 N–H and O–H groups in total. The number of ether oxygens (including phenoxy) is 5. The Hall–Kier alpha value is -1.38. The van der Waals surface area contributed by atoms with Gasteiger partial charge in [0.25, 0.3) is 0 Å². The number of hydrogen-bond acceptors (Lipinski definition) is 7. The maximum atomic E-state index is 12.2. The maximum absolute atomic E-state index is 12.2. The molecule has 0 radical (unpaired) electrons. The first-order valence-corrected chi connectivity index (χ1v) is 7.07. The molecule has 2 aliphatic heterocycles. The fourth-order valence-corrected chi connectivity index (χ4v) is 2.64. The number of azide groups is 1. The van der Waals surface area contributed by atoms with Crippen molar-refractivity contribution in [1.29, 1.82) is 0 Å². The summed E-state index contributed by atoms with van der Waals surface area (Å²) in [7, 11) is 1.47. The van der Waals surface area contributed by atoms with E-state index in [1.54, 1.807) is 27.7 Å². The number of carbonyl (C=O) groups excluding carboxylic acids is 1. The van der Waals surface area contributed by atoms with Gasteiger partial charge in [-0.1, -0.05) is 5.11 Å². The van der Waals surface area contributed by atoms with E-state index in [4.69, 9.17) is 29.2 Å². The van der Waals surface area contributed by atoms with Crippen LogP contribution in [0.2, 0.25) is 0 Å². The Labute approximate surface area is 128 Å². The predicted octanol–water partition coefficient (Wildman–Crippen LogP) is 1.51. The number of carbonyl (C=O) groups is 1. The summed E-state index contributed by atoms with van der Waals surface area (Å²) in [6.45, 7) is 6.92. The maximum Gasteiger partial charge on any atom is 0.317 e. The molecule has 2 aliphatic rings. The van der Waals surface area contributed by atoms with Gasteiger partial charge in [-0.25, -0.2) is 0 Å². The molecule has 0 spiro atoms. The van der Waals surface area contributed by atoms with Crippen LogP contribution in [0.3, 0.4) is 0 Å². The molecule has 22 heavy (non-hydrogen) atoms. The molecule has 0 saturated carbocycles. The van der Waals surface area contributed by atoms with E-state index >= 15 is 0 Å². The number of methoxy groups -OCH3 is 1. The smallest absolute Gasteiger partial charge is 0.317 e. The van der Waals surface area contributed by atoms with Crippen LogP contribution in [0.15, 0.2) is 5.11 Å². The Morgan fingerprint density at radius 1 is 1.32 bits per heavy atom. The molecule has 0 aromatic rings. The molecule has 2 saturated heterocycles. The van der Waals surface area contributed by atoms with Crippen LogP contribution in [0.4, 0.5) is 0 Å². The van der Waals surface area contributed by atoms with Gasteiger partial charge < -0.3 is 23.7 Å². The number of rotatable bonds is 5. The molecule has 0 bridgehead atoms. The first-order chi connectivity index (χ1) is 10.3. The molecule has 2 rings (SSSR count). The summed E-state index contributed by atoms with van der Waals surface area (Å²) in [5.41, 5.74) is 8.74. The monoisotopic (exact) mass is 315 g/mol. The quantitative estimate of drug-likeness (QED) is 0.329. The normalized spacial score (nSPS) is 34.1. The molecule has 0 aromatic carbocycles. The van der Waals surface area contributed by atoms with Crippen LogP contribution in [0.5, 0.6) is 0 Å². The second-order valence-corrected chi connectivity index (χ2v) is 5.90. The average molecular weight is 315 g/mol. The van der Waals surface area contributed by atoms with Crippen LogP contribution < -0.4 is 0 Å². The standard InChI is InChI=1S/C13H21N3O6/c1-6(2)19-11(17)7(15-16-14)8-9-10(12(18-5)20-8)22-13(3,4)21-9/h6-10,12H,1-5H3/t7?,8-,9-,10-,12-/m1/s1. The van der Waals surface area contributed by atoms with Crippen molar-refractivity contribution in [3.8, 4) is 0 Å². The van der Waals surface area contributed by atoms with Gasteiger partial charge in [0, 0.05) is 12.0 Å². The van der Waals surface area contributed by atoms with E-state index < -0.39 is 42.4 Å². The van der Waals surface area contributed by atoms with E-state index in [0.29, 0.717) is 0 Å². The molecular weight excluding hydrogens is 294 g/mol. The van der Waals surface area contributed by atoms with E-state index in [1.165, 1.54) is 7.11 Å². The first-order valence-electron chi connectivity index (χ1n) is 7.07. The topological polar surface area (TPSA) is 112 Å². The van der Waals surface area contributed by atoms with Gasteiger partial charge in [-0.05, 0) is 33.2 Å². The molecule has 5 atom stereocenters. The van der Waals surface area contributed by atoms with Crippen molar-refractivity contribution < 1.29 is 28.5 Å². The van der Waals surface area contributed by atoms with Crippen molar-refractivity contribution in [2.45, 2.75) is 70.2 Å². The zero-order valence-electron chi connectivity index (χ0n) is 13.3. The Morgan fingerprint density at radius 2 is 1.95 bits per heavy atom. The summed E-state index contributed by atoms with van der Waals surface area (Å²) in [5.74, 6) is -1.50. The second kappa shape index (κ2) is 6.39. The minimum Gasteiger partial charge on any atom is -0.463 e. The Bertz CT molecular complexity index is 476. The fourth-order valence-electron chi connectivity index (χ4n) is 2.64. The highest BCUT2D eigenvalue weighted by Crippen LogP contribution is 2.40. The van der Waals surface area contributed by atoms with Gasteiger partial charge in [0.05, 0.1) is 6.10 Å². The summed E-state index contributed by atoms with van der Waals surface area (Å²) in [6.07, 6.45) is -2.97. The van der Waals surface area contributed by atoms with E-state index in [1.807, 2.05) is 0 Å². The molecule has 0 aromatic heterocycles. The molecule has 0 amide bonds. The van der Waals surface area contributed by atoms with Crippen LogP contribution in [-0.4, -0.2) is 55.6 Å². The summed E-state index contributed by atoms with van der Waals surface area (Å²) in [5, 5.41) is 3.53. The van der Waals surface area contributed by atoms with Crippen LogP contribution >= 0.6 is 0 Å². The zero-order valence-corrected chi connectivity index (χ0v) is 13.3. The molecule has 0 aliphatic carbocycles. The average Bonchev–Trinajstić information content (AvgIpc) is 2.88. The highest BCUT2D eigenvalue weighted by molar-refractivity contribution is 5.77. The SMILES string of the molecule is CO[C@@H]1O[C@H](C(N=[N+]=[N-])C(=O)OC(C)C)[C@H]2OC(C)(C)O[C@@H]12. The Balaban J connectivity index is 2.24. The summed E-state index contributed by atoms with van der Waals surface area (Å²) in [4.78, 5) is 14.9. The Morgan fingerprint density at radius 3 is 2.50 bits per heavy atom. The lowest BCUT2D eigenvalue weighted by Crippen LogP contribution is -2.43. The van der Waals surface area contributed by atoms with E-state index in [0.717, 1.165) is 0 Å². The summed E-state index contributed by atoms with van der Waals surface area (Å²) >= 11 is 0. The third-order valence-electron chi connectivity index (χ3n) is 3.36. The van der Waals surface area contributed by atoms with Crippen molar-refractivity contribution in [1.82, 2.24) is 0 Å². The van der Waals surface area contributed by atoms with Crippen molar-refractivity contribution >= 4 is 5.97 Å². The largest absolute Gasteiger partial charge is 0.463 e. The van der Waals surface area contributed by atoms with Gasteiger partial charge in [-0.3, -0.25) is 4.79 Å². The van der Waals surface area contributed by atoms with Gasteiger partial charge in [0.1, 0.15) is 18.3 Å². The van der Waals surface area contributed by atoms with Gasteiger partial charge in [-0.2, -0.15) is 0 Å². The van der Waals surface area contributed by atoms with Crippen LogP contribution in [0.25, 0.3) is 10.4 Å². The van der Waals surface area contributed by atoms with Crippen molar-refractivity contribution in [3.05, 3.63) is 10.4 Å². The first kappa shape index (κ1) is 17.0.